The van der Waals surface area contributed by atoms with E-state index in [4.69, 9.17) is 4.84 Å². The Bertz CT molecular complexity index is 566. The van der Waals surface area contributed by atoms with Crippen molar-refractivity contribution in [3.05, 3.63) is 66.2 Å². The molecule has 2 aromatic rings. The van der Waals surface area contributed by atoms with Gasteiger partial charge in [0.2, 0.25) is 0 Å². The van der Waals surface area contributed by atoms with Gasteiger partial charge in [-0.15, -0.1) is 5.06 Å². The number of hydroxylamine groups is 1. The third-order valence-electron chi connectivity index (χ3n) is 2.46. The Morgan fingerprint density at radius 1 is 0.895 bits per heavy atom. The fourth-order valence-corrected chi connectivity index (χ4v) is 1.57. The van der Waals surface area contributed by atoms with Gasteiger partial charge in [0.05, 0.1) is 11.3 Å². The normalized spacial score (nSPS) is 9.74. The first-order chi connectivity index (χ1) is 9.18. The van der Waals surface area contributed by atoms with Crippen LogP contribution in [0.2, 0.25) is 0 Å². The van der Waals surface area contributed by atoms with Crippen molar-refractivity contribution in [3.8, 4) is 0 Å². The van der Waals surface area contributed by atoms with Crippen molar-refractivity contribution >= 4 is 17.6 Å². The molecule has 2 aromatic carbocycles. The third-order valence-corrected chi connectivity index (χ3v) is 2.46. The van der Waals surface area contributed by atoms with Crippen molar-refractivity contribution in [1.29, 1.82) is 0 Å². The number of para-hydroxylation sites is 1. The number of anilines is 1. The number of carbonyl (C=O) groups excluding carboxylic acids is 2. The molecule has 0 unspecified atom stereocenters. The summed E-state index contributed by atoms with van der Waals surface area (Å²) in [6, 6.07) is 17.3. The summed E-state index contributed by atoms with van der Waals surface area (Å²) in [5, 5.41) is 0.981. The van der Waals surface area contributed by atoms with Crippen LogP contribution in [0.15, 0.2) is 60.7 Å². The van der Waals surface area contributed by atoms with E-state index < -0.39 is 5.97 Å². The predicted molar refractivity (Wildman–Crippen MR) is 71.5 cm³/mol. The number of hydrogen-bond donors (Lipinski definition) is 0. The maximum atomic E-state index is 11.9. The highest BCUT2D eigenvalue weighted by Crippen LogP contribution is 2.15. The van der Waals surface area contributed by atoms with Crippen molar-refractivity contribution in [2.45, 2.75) is 6.92 Å². The van der Waals surface area contributed by atoms with Gasteiger partial charge < -0.3 is 4.84 Å². The van der Waals surface area contributed by atoms with Crippen molar-refractivity contribution < 1.29 is 14.4 Å². The average molecular weight is 255 g/mol. The van der Waals surface area contributed by atoms with Gasteiger partial charge in [-0.05, 0) is 24.3 Å². The van der Waals surface area contributed by atoms with Gasteiger partial charge in [-0.2, -0.15) is 0 Å². The zero-order chi connectivity index (χ0) is 13.7. The van der Waals surface area contributed by atoms with Gasteiger partial charge in [0, 0.05) is 6.92 Å². The number of amides is 1. The highest BCUT2D eigenvalue weighted by Gasteiger charge is 2.18. The topological polar surface area (TPSA) is 46.6 Å². The summed E-state index contributed by atoms with van der Waals surface area (Å²) in [5.74, 6) is -0.935. The molecule has 96 valence electrons. The summed E-state index contributed by atoms with van der Waals surface area (Å²) in [6.45, 7) is 1.34. The van der Waals surface area contributed by atoms with Crippen molar-refractivity contribution in [3.63, 3.8) is 0 Å². The standard InChI is InChI=1S/C15H13NO3/c1-12(17)16(14-10-6-3-7-11-14)19-15(18)13-8-4-2-5-9-13/h2-11H,1H3. The molecular formula is C15H13NO3. The second-order valence-electron chi connectivity index (χ2n) is 3.89. The van der Waals surface area contributed by atoms with E-state index >= 15 is 0 Å². The van der Waals surface area contributed by atoms with Gasteiger partial charge in [-0.25, -0.2) is 4.79 Å². The molecule has 0 aromatic heterocycles. The molecule has 0 spiro atoms. The van der Waals surface area contributed by atoms with Gasteiger partial charge in [0.25, 0.3) is 5.91 Å². The van der Waals surface area contributed by atoms with Crippen LogP contribution in [0.25, 0.3) is 0 Å². The lowest BCUT2D eigenvalue weighted by Crippen LogP contribution is -2.31. The van der Waals surface area contributed by atoms with Crippen LogP contribution >= 0.6 is 0 Å². The van der Waals surface area contributed by atoms with Crippen LogP contribution < -0.4 is 5.06 Å². The summed E-state index contributed by atoms with van der Waals surface area (Å²) < 4.78 is 0. The SMILES string of the molecule is CC(=O)N(OC(=O)c1ccccc1)c1ccccc1. The number of benzene rings is 2. The highest BCUT2D eigenvalue weighted by atomic mass is 16.7. The van der Waals surface area contributed by atoms with E-state index in [0.29, 0.717) is 11.3 Å². The molecule has 4 nitrogen and oxygen atoms in total. The minimum absolute atomic E-state index is 0.365. The molecule has 0 atom stereocenters. The summed E-state index contributed by atoms with van der Waals surface area (Å²) in [4.78, 5) is 28.6. The van der Waals surface area contributed by atoms with Crippen LogP contribution in [0.4, 0.5) is 5.69 Å². The Labute approximate surface area is 111 Å². The molecule has 0 fully saturated rings. The first-order valence-electron chi connectivity index (χ1n) is 5.81. The molecule has 0 aliphatic carbocycles. The number of rotatable bonds is 2. The number of hydrogen-bond acceptors (Lipinski definition) is 3. The minimum Gasteiger partial charge on any atom is -0.328 e. The smallest absolute Gasteiger partial charge is 0.328 e. The van der Waals surface area contributed by atoms with E-state index in [-0.39, 0.29) is 5.91 Å². The largest absolute Gasteiger partial charge is 0.363 e. The van der Waals surface area contributed by atoms with E-state index in [1.165, 1.54) is 6.92 Å². The zero-order valence-corrected chi connectivity index (χ0v) is 10.4. The lowest BCUT2D eigenvalue weighted by atomic mass is 10.2. The number of nitrogens with zero attached hydrogens (tertiary/aromatic N) is 1. The second kappa shape index (κ2) is 5.82. The van der Waals surface area contributed by atoms with E-state index in [9.17, 15) is 9.59 Å². The lowest BCUT2D eigenvalue weighted by Gasteiger charge is -2.19. The maximum Gasteiger partial charge on any atom is 0.363 e. The number of carbonyl (C=O) groups is 2. The Kier molecular flexibility index (Phi) is 3.93. The summed E-state index contributed by atoms with van der Waals surface area (Å²) in [5.41, 5.74) is 0.906. The molecule has 0 heterocycles. The third kappa shape index (κ3) is 3.19. The van der Waals surface area contributed by atoms with Crippen LogP contribution in [-0.2, 0) is 9.63 Å². The molecule has 2 rings (SSSR count). The van der Waals surface area contributed by atoms with E-state index in [2.05, 4.69) is 0 Å². The Hall–Kier alpha value is -2.62. The molecule has 0 radical (unpaired) electrons. The predicted octanol–water partition coefficient (Wildman–Crippen LogP) is 2.81. The van der Waals surface area contributed by atoms with Crippen LogP contribution in [0.5, 0.6) is 0 Å². The summed E-state index contributed by atoms with van der Waals surface area (Å²) in [7, 11) is 0. The van der Waals surface area contributed by atoms with E-state index in [1.807, 2.05) is 6.07 Å². The molecule has 0 aliphatic rings. The molecule has 4 heteroatoms. The monoisotopic (exact) mass is 255 g/mol. The first kappa shape index (κ1) is 12.8. The lowest BCUT2D eigenvalue weighted by molar-refractivity contribution is -0.122. The molecule has 0 aliphatic heterocycles. The first-order valence-corrected chi connectivity index (χ1v) is 5.81. The fraction of sp³-hybridized carbons (Fsp3) is 0.0667. The van der Waals surface area contributed by atoms with E-state index in [0.717, 1.165) is 5.06 Å². The molecule has 0 N–H and O–H groups in total. The molecule has 0 saturated carbocycles. The van der Waals surface area contributed by atoms with Crippen molar-refractivity contribution in [2.24, 2.45) is 0 Å². The molecule has 0 saturated heterocycles. The average Bonchev–Trinajstić information content (AvgIpc) is 2.46. The molecule has 19 heavy (non-hydrogen) atoms. The second-order valence-corrected chi connectivity index (χ2v) is 3.89. The summed E-state index contributed by atoms with van der Waals surface area (Å²) in [6.07, 6.45) is 0. The van der Waals surface area contributed by atoms with Crippen LogP contribution in [0.3, 0.4) is 0 Å². The van der Waals surface area contributed by atoms with Crippen LogP contribution in [0.1, 0.15) is 17.3 Å². The van der Waals surface area contributed by atoms with Crippen LogP contribution in [-0.4, -0.2) is 11.9 Å². The van der Waals surface area contributed by atoms with Crippen molar-refractivity contribution in [1.82, 2.24) is 0 Å². The summed E-state index contributed by atoms with van der Waals surface area (Å²) >= 11 is 0. The van der Waals surface area contributed by atoms with Gasteiger partial charge in [0.1, 0.15) is 0 Å². The van der Waals surface area contributed by atoms with Crippen molar-refractivity contribution in [2.75, 3.05) is 5.06 Å². The maximum absolute atomic E-state index is 11.9. The van der Waals surface area contributed by atoms with Gasteiger partial charge in [-0.1, -0.05) is 36.4 Å². The minimum atomic E-state index is -0.570. The quantitative estimate of drug-likeness (QED) is 0.775. The molecule has 0 bridgehead atoms. The Balaban J connectivity index is 2.19. The highest BCUT2D eigenvalue weighted by molar-refractivity contribution is 5.95. The fourth-order valence-electron chi connectivity index (χ4n) is 1.57. The zero-order valence-electron chi connectivity index (χ0n) is 10.4. The Morgan fingerprint density at radius 3 is 1.95 bits per heavy atom. The van der Waals surface area contributed by atoms with Gasteiger partial charge in [-0.3, -0.25) is 4.79 Å². The van der Waals surface area contributed by atoms with Gasteiger partial charge in [0.15, 0.2) is 0 Å². The Morgan fingerprint density at radius 2 is 1.42 bits per heavy atom. The van der Waals surface area contributed by atoms with Gasteiger partial charge >= 0.3 is 5.97 Å². The van der Waals surface area contributed by atoms with Crippen LogP contribution in [0, 0.1) is 0 Å². The molecule has 1 amide bonds. The van der Waals surface area contributed by atoms with E-state index in [1.54, 1.807) is 54.6 Å². The molecular weight excluding hydrogens is 242 g/mol.